The molecule has 0 aliphatic heterocycles. The van der Waals surface area contributed by atoms with E-state index in [0.29, 0.717) is 33.2 Å². The van der Waals surface area contributed by atoms with Crippen LogP contribution >= 0.6 is 0 Å². The lowest BCUT2D eigenvalue weighted by molar-refractivity contribution is -0.385. The highest BCUT2D eigenvalue weighted by Gasteiger charge is 2.21. The number of pyridine rings is 2. The number of nitro groups is 2. The second-order valence-corrected chi connectivity index (χ2v) is 11.3. The monoisotopic (exact) mass is 660 g/mol. The van der Waals surface area contributed by atoms with Gasteiger partial charge in [-0.1, -0.05) is 72.8 Å². The highest BCUT2D eigenvalue weighted by molar-refractivity contribution is 6.18. The molecule has 242 valence electrons. The van der Waals surface area contributed by atoms with Crippen molar-refractivity contribution in [1.29, 1.82) is 0 Å². The Morgan fingerprint density at radius 2 is 0.920 bits per heavy atom. The van der Waals surface area contributed by atoms with E-state index in [0.717, 1.165) is 11.1 Å². The molecule has 12 nitrogen and oxygen atoms in total. The Labute approximate surface area is 283 Å². The van der Waals surface area contributed by atoms with E-state index in [1.807, 2.05) is 60.7 Å². The molecule has 0 saturated heterocycles. The van der Waals surface area contributed by atoms with Gasteiger partial charge in [-0.25, -0.2) is 9.97 Å². The summed E-state index contributed by atoms with van der Waals surface area (Å²) in [6, 6.07) is 36.4. The average Bonchev–Trinajstić information content (AvgIpc) is 3.14. The lowest BCUT2D eigenvalue weighted by Gasteiger charge is -2.14. The van der Waals surface area contributed by atoms with Gasteiger partial charge in [-0.3, -0.25) is 29.8 Å². The Balaban J connectivity index is 1.43. The van der Waals surface area contributed by atoms with Crippen LogP contribution in [0, 0.1) is 20.2 Å². The number of carbonyl (C=O) groups is 2. The number of hydrogen-bond acceptors (Lipinski definition) is 8. The molecule has 12 heteroatoms. The van der Waals surface area contributed by atoms with E-state index in [9.17, 15) is 29.8 Å². The molecule has 2 N–H and O–H groups in total. The van der Waals surface area contributed by atoms with Crippen molar-refractivity contribution in [3.8, 4) is 22.5 Å². The van der Waals surface area contributed by atoms with Crippen molar-refractivity contribution in [2.45, 2.75) is 0 Å². The van der Waals surface area contributed by atoms with Crippen LogP contribution in [0.25, 0.3) is 44.3 Å². The molecule has 0 aliphatic rings. The summed E-state index contributed by atoms with van der Waals surface area (Å²) >= 11 is 0. The first kappa shape index (κ1) is 31.3. The Morgan fingerprint density at radius 3 is 1.32 bits per heavy atom. The van der Waals surface area contributed by atoms with Crippen LogP contribution in [-0.2, 0) is 0 Å². The number of rotatable bonds is 8. The molecule has 0 fully saturated rings. The zero-order chi connectivity index (χ0) is 34.8. The molecule has 0 bridgehead atoms. The molecule has 2 amide bonds. The zero-order valence-electron chi connectivity index (χ0n) is 25.9. The van der Waals surface area contributed by atoms with Gasteiger partial charge in [0.2, 0.25) is 0 Å². The molecule has 0 unspecified atom stereocenters. The smallest absolute Gasteiger partial charge is 0.271 e. The Morgan fingerprint density at radius 1 is 0.500 bits per heavy atom. The minimum Gasteiger partial charge on any atom is -0.322 e. The van der Waals surface area contributed by atoms with Crippen LogP contribution in [0.5, 0.6) is 0 Å². The van der Waals surface area contributed by atoms with Gasteiger partial charge in [0.1, 0.15) is 0 Å². The van der Waals surface area contributed by atoms with Crippen LogP contribution in [-0.4, -0.2) is 31.6 Å². The van der Waals surface area contributed by atoms with E-state index in [-0.39, 0.29) is 33.9 Å². The second kappa shape index (κ2) is 13.0. The Hall–Kier alpha value is -7.34. The quantitative estimate of drug-likeness (QED) is 0.0929. The summed E-state index contributed by atoms with van der Waals surface area (Å²) in [7, 11) is 0. The number of aromatic nitrogens is 2. The van der Waals surface area contributed by atoms with Crippen LogP contribution in [0.4, 0.5) is 22.7 Å². The SMILES string of the molecule is O=C(Nc1cccc([N+](=O)[O-])c1)c1cc(-c2ccccc2)nc2cc3nc(-c4ccccc4)cc(C(=O)Nc4cccc([N+](=O)[O-])c4)c3cc12. The third-order valence-corrected chi connectivity index (χ3v) is 8.00. The molecule has 0 aliphatic carbocycles. The third kappa shape index (κ3) is 6.31. The number of hydrogen-bond donors (Lipinski definition) is 2. The Bertz CT molecular complexity index is 2320. The van der Waals surface area contributed by atoms with Crippen LogP contribution < -0.4 is 10.6 Å². The number of nitrogens with one attached hydrogen (secondary N) is 2. The summed E-state index contributed by atoms with van der Waals surface area (Å²) in [5, 5.41) is 29.1. The summed E-state index contributed by atoms with van der Waals surface area (Å²) < 4.78 is 0. The normalized spacial score (nSPS) is 10.9. The van der Waals surface area contributed by atoms with Gasteiger partial charge in [0.15, 0.2) is 0 Å². The summed E-state index contributed by atoms with van der Waals surface area (Å²) in [5.74, 6) is -1.10. The minimum absolute atomic E-state index is 0.182. The molecule has 7 rings (SSSR count). The van der Waals surface area contributed by atoms with Crippen molar-refractivity contribution in [1.82, 2.24) is 9.97 Å². The van der Waals surface area contributed by atoms with Crippen LogP contribution in [0.3, 0.4) is 0 Å². The topological polar surface area (TPSA) is 170 Å². The fourth-order valence-electron chi connectivity index (χ4n) is 5.63. The molecular formula is C38H24N6O6. The largest absolute Gasteiger partial charge is 0.322 e. The molecule has 50 heavy (non-hydrogen) atoms. The van der Waals surface area contributed by atoms with E-state index >= 15 is 0 Å². The van der Waals surface area contributed by atoms with Gasteiger partial charge in [-0.05, 0) is 36.4 Å². The van der Waals surface area contributed by atoms with Gasteiger partial charge in [-0.2, -0.15) is 0 Å². The average molecular weight is 661 g/mol. The molecule has 7 aromatic rings. The molecule has 5 aromatic carbocycles. The number of fused-ring (bicyclic) bond motifs is 2. The third-order valence-electron chi connectivity index (χ3n) is 8.00. The van der Waals surface area contributed by atoms with Gasteiger partial charge in [0.05, 0.1) is 43.4 Å². The predicted octanol–water partition coefficient (Wildman–Crippen LogP) is 8.44. The Kier molecular flexibility index (Phi) is 8.16. The molecule has 0 radical (unpaired) electrons. The van der Waals surface area contributed by atoms with E-state index < -0.39 is 21.7 Å². The summed E-state index contributed by atoms with van der Waals surface area (Å²) in [4.78, 5) is 59.4. The molecular weight excluding hydrogens is 636 g/mol. The molecule has 0 spiro atoms. The molecule has 0 atom stereocenters. The van der Waals surface area contributed by atoms with Crippen LogP contribution in [0.2, 0.25) is 0 Å². The molecule has 2 heterocycles. The number of carbonyl (C=O) groups excluding carboxylic acids is 2. The number of nitrogens with zero attached hydrogens (tertiary/aromatic N) is 4. The standard InChI is InChI=1S/C38H24N6O6/c45-37(39-25-13-7-15-27(17-25)43(47)48)31-20-33(23-9-3-1-4-10-23)41-35-22-36-30(19-29(31)35)32(21-34(42-36)24-11-5-2-6-12-24)38(46)40-26-14-8-16-28(18-26)44(49)50/h1-22H,(H,39,45)(H,40,46). The van der Waals surface area contributed by atoms with E-state index in [2.05, 4.69) is 10.6 Å². The fourth-order valence-corrected chi connectivity index (χ4v) is 5.63. The lowest BCUT2D eigenvalue weighted by atomic mass is 9.98. The van der Waals surface area contributed by atoms with Crippen molar-refractivity contribution in [3.05, 3.63) is 165 Å². The second-order valence-electron chi connectivity index (χ2n) is 11.3. The number of anilines is 2. The first-order valence-corrected chi connectivity index (χ1v) is 15.3. The zero-order valence-corrected chi connectivity index (χ0v) is 25.9. The van der Waals surface area contributed by atoms with Gasteiger partial charge in [0.25, 0.3) is 23.2 Å². The van der Waals surface area contributed by atoms with Crippen molar-refractivity contribution in [2.75, 3.05) is 10.6 Å². The van der Waals surface area contributed by atoms with Crippen molar-refractivity contribution < 1.29 is 19.4 Å². The number of non-ortho nitro benzene ring substituents is 2. The summed E-state index contributed by atoms with van der Waals surface area (Å²) in [6.45, 7) is 0. The number of nitro benzene ring substituents is 2. The lowest BCUT2D eigenvalue weighted by Crippen LogP contribution is -2.14. The highest BCUT2D eigenvalue weighted by Crippen LogP contribution is 2.33. The van der Waals surface area contributed by atoms with Crippen molar-refractivity contribution in [2.24, 2.45) is 0 Å². The number of amides is 2. The van der Waals surface area contributed by atoms with Gasteiger partial charge < -0.3 is 10.6 Å². The summed E-state index contributed by atoms with van der Waals surface area (Å²) in [6.07, 6.45) is 0. The van der Waals surface area contributed by atoms with Gasteiger partial charge in [0, 0.05) is 57.5 Å². The van der Waals surface area contributed by atoms with E-state index in [1.165, 1.54) is 36.4 Å². The summed E-state index contributed by atoms with van der Waals surface area (Å²) in [5.41, 5.74) is 3.86. The maximum Gasteiger partial charge on any atom is 0.271 e. The van der Waals surface area contributed by atoms with Crippen molar-refractivity contribution in [3.63, 3.8) is 0 Å². The van der Waals surface area contributed by atoms with Gasteiger partial charge in [-0.15, -0.1) is 0 Å². The first-order chi connectivity index (χ1) is 24.2. The first-order valence-electron chi connectivity index (χ1n) is 15.3. The highest BCUT2D eigenvalue weighted by atomic mass is 16.6. The van der Waals surface area contributed by atoms with E-state index in [1.54, 1.807) is 36.4 Å². The van der Waals surface area contributed by atoms with Gasteiger partial charge >= 0.3 is 0 Å². The predicted molar refractivity (Wildman–Crippen MR) is 190 cm³/mol. The van der Waals surface area contributed by atoms with Crippen molar-refractivity contribution >= 4 is 56.4 Å². The maximum atomic E-state index is 14.0. The van der Waals surface area contributed by atoms with E-state index in [4.69, 9.17) is 9.97 Å². The maximum absolute atomic E-state index is 14.0. The minimum atomic E-state index is -0.550. The number of benzene rings is 5. The van der Waals surface area contributed by atoms with Crippen LogP contribution in [0.1, 0.15) is 20.7 Å². The molecule has 0 saturated carbocycles. The molecule has 2 aromatic heterocycles. The fraction of sp³-hybridized carbons (Fsp3) is 0. The van der Waals surface area contributed by atoms with Crippen LogP contribution in [0.15, 0.2) is 133 Å².